The Balaban J connectivity index is 1.70. The fourth-order valence-corrected chi connectivity index (χ4v) is 4.29. The van der Waals surface area contributed by atoms with Gasteiger partial charge in [-0.25, -0.2) is 4.79 Å². The topological polar surface area (TPSA) is 167 Å². The molecule has 10 nitrogen and oxygen atoms in total. The summed E-state index contributed by atoms with van der Waals surface area (Å²) in [6, 6.07) is 23.0. The number of amidine groups is 1. The first-order valence-electron chi connectivity index (χ1n) is 13.7. The predicted molar refractivity (Wildman–Crippen MR) is 164 cm³/mol. The number of rotatable bonds is 11. The SMILES string of the molecule is CC(C)C(CO)NC(=O)c1ccc(-c2cccnc2C(=O)Nc2ccc(C(=N)N)cc2)c(C(=O)OCc2ccccc2)c1. The van der Waals surface area contributed by atoms with Crippen LogP contribution in [0.4, 0.5) is 5.69 Å². The summed E-state index contributed by atoms with van der Waals surface area (Å²) in [7, 11) is 0. The number of aliphatic hydroxyl groups is 1. The van der Waals surface area contributed by atoms with Gasteiger partial charge in [0.25, 0.3) is 11.8 Å². The predicted octanol–water partition coefficient (Wildman–Crippen LogP) is 4.39. The molecule has 10 heteroatoms. The number of ether oxygens (including phenoxy) is 1. The number of nitrogen functional groups attached to an aromatic ring is 1. The summed E-state index contributed by atoms with van der Waals surface area (Å²) in [6.45, 7) is 3.53. The van der Waals surface area contributed by atoms with Crippen LogP contribution in [0.25, 0.3) is 11.1 Å². The molecule has 1 atom stereocenters. The molecule has 0 saturated heterocycles. The Morgan fingerprint density at radius 2 is 1.60 bits per heavy atom. The van der Waals surface area contributed by atoms with Crippen molar-refractivity contribution in [1.29, 1.82) is 5.41 Å². The Hall–Kier alpha value is -5.35. The smallest absolute Gasteiger partial charge is 0.339 e. The van der Waals surface area contributed by atoms with Gasteiger partial charge in [0.1, 0.15) is 18.1 Å². The van der Waals surface area contributed by atoms with E-state index in [1.807, 2.05) is 44.2 Å². The van der Waals surface area contributed by atoms with Crippen LogP contribution in [0.1, 0.15) is 56.2 Å². The number of amides is 2. The van der Waals surface area contributed by atoms with Gasteiger partial charge >= 0.3 is 5.97 Å². The Labute approximate surface area is 249 Å². The first kappa shape index (κ1) is 30.6. The van der Waals surface area contributed by atoms with Gasteiger partial charge in [0.2, 0.25) is 0 Å². The maximum atomic E-state index is 13.5. The maximum Gasteiger partial charge on any atom is 0.339 e. The number of esters is 1. The summed E-state index contributed by atoms with van der Waals surface area (Å²) in [5.41, 5.74) is 8.29. The van der Waals surface area contributed by atoms with Gasteiger partial charge in [-0.05, 0) is 59.5 Å². The van der Waals surface area contributed by atoms with Crippen molar-refractivity contribution in [1.82, 2.24) is 10.3 Å². The molecule has 3 aromatic carbocycles. The van der Waals surface area contributed by atoms with Crippen molar-refractivity contribution in [3.63, 3.8) is 0 Å². The quantitative estimate of drug-likeness (QED) is 0.0998. The zero-order valence-electron chi connectivity index (χ0n) is 23.8. The second-order valence-corrected chi connectivity index (χ2v) is 10.2. The van der Waals surface area contributed by atoms with E-state index in [0.29, 0.717) is 22.4 Å². The van der Waals surface area contributed by atoms with E-state index in [2.05, 4.69) is 15.6 Å². The molecule has 1 heterocycles. The first-order chi connectivity index (χ1) is 20.7. The zero-order chi connectivity index (χ0) is 30.9. The molecular formula is C33H33N5O5. The Bertz CT molecular complexity index is 1620. The van der Waals surface area contributed by atoms with Crippen molar-refractivity contribution in [2.24, 2.45) is 11.7 Å². The number of anilines is 1. The van der Waals surface area contributed by atoms with Crippen LogP contribution in [0, 0.1) is 11.3 Å². The molecule has 4 rings (SSSR count). The Kier molecular flexibility index (Phi) is 9.98. The lowest BCUT2D eigenvalue weighted by molar-refractivity contribution is 0.0473. The van der Waals surface area contributed by atoms with Crippen LogP contribution in [0.3, 0.4) is 0 Å². The van der Waals surface area contributed by atoms with Crippen molar-refractivity contribution in [2.75, 3.05) is 11.9 Å². The second kappa shape index (κ2) is 14.0. The summed E-state index contributed by atoms with van der Waals surface area (Å²) in [5, 5.41) is 22.8. The van der Waals surface area contributed by atoms with Crippen molar-refractivity contribution in [2.45, 2.75) is 26.5 Å². The molecule has 220 valence electrons. The first-order valence-corrected chi connectivity index (χ1v) is 13.7. The number of pyridine rings is 1. The van der Waals surface area contributed by atoms with E-state index in [1.165, 1.54) is 12.3 Å². The third-order valence-electron chi connectivity index (χ3n) is 6.80. The monoisotopic (exact) mass is 579 g/mol. The third kappa shape index (κ3) is 7.69. The Morgan fingerprint density at radius 3 is 2.26 bits per heavy atom. The minimum Gasteiger partial charge on any atom is -0.457 e. The molecule has 4 aromatic rings. The fraction of sp³-hybridized carbons (Fsp3) is 0.182. The van der Waals surface area contributed by atoms with Gasteiger partial charge < -0.3 is 26.2 Å². The molecule has 1 unspecified atom stereocenters. The lowest BCUT2D eigenvalue weighted by atomic mass is 9.95. The molecular weight excluding hydrogens is 546 g/mol. The second-order valence-electron chi connectivity index (χ2n) is 10.2. The zero-order valence-corrected chi connectivity index (χ0v) is 23.8. The minimum atomic E-state index is -0.689. The normalized spacial score (nSPS) is 11.4. The summed E-state index contributed by atoms with van der Waals surface area (Å²) in [4.78, 5) is 44.2. The van der Waals surface area contributed by atoms with Crippen LogP contribution < -0.4 is 16.4 Å². The van der Waals surface area contributed by atoms with Gasteiger partial charge in [0, 0.05) is 28.6 Å². The molecule has 0 saturated carbocycles. The van der Waals surface area contributed by atoms with Crippen LogP contribution in [0.5, 0.6) is 0 Å². The number of aromatic nitrogens is 1. The van der Waals surface area contributed by atoms with Crippen molar-refractivity contribution in [3.05, 3.63) is 119 Å². The number of hydrogen-bond donors (Lipinski definition) is 5. The molecule has 1 aromatic heterocycles. The number of nitrogens with one attached hydrogen (secondary N) is 3. The van der Waals surface area contributed by atoms with Crippen molar-refractivity contribution >= 4 is 29.3 Å². The summed E-state index contributed by atoms with van der Waals surface area (Å²) in [5.74, 6) is -1.79. The molecule has 0 fully saturated rings. The largest absolute Gasteiger partial charge is 0.457 e. The van der Waals surface area contributed by atoms with Gasteiger partial charge in [0.15, 0.2) is 0 Å². The van der Waals surface area contributed by atoms with E-state index in [1.54, 1.807) is 48.5 Å². The number of carbonyl (C=O) groups is 3. The molecule has 0 aliphatic heterocycles. The van der Waals surface area contributed by atoms with Crippen LogP contribution in [-0.4, -0.2) is 46.4 Å². The van der Waals surface area contributed by atoms with E-state index in [9.17, 15) is 19.5 Å². The summed E-state index contributed by atoms with van der Waals surface area (Å²) >= 11 is 0. The fourth-order valence-electron chi connectivity index (χ4n) is 4.29. The maximum absolute atomic E-state index is 13.5. The number of aliphatic hydroxyl groups excluding tert-OH is 1. The molecule has 6 N–H and O–H groups in total. The summed E-state index contributed by atoms with van der Waals surface area (Å²) < 4.78 is 5.62. The number of benzene rings is 3. The van der Waals surface area contributed by atoms with Crippen molar-refractivity contribution in [3.8, 4) is 11.1 Å². The van der Waals surface area contributed by atoms with Crippen molar-refractivity contribution < 1.29 is 24.2 Å². The Morgan fingerprint density at radius 1 is 0.907 bits per heavy atom. The molecule has 0 radical (unpaired) electrons. The number of carbonyl (C=O) groups excluding carboxylic acids is 3. The lowest BCUT2D eigenvalue weighted by Gasteiger charge is -2.20. The lowest BCUT2D eigenvalue weighted by Crippen LogP contribution is -2.41. The van der Waals surface area contributed by atoms with Gasteiger partial charge in [-0.15, -0.1) is 0 Å². The van der Waals surface area contributed by atoms with Crippen LogP contribution >= 0.6 is 0 Å². The van der Waals surface area contributed by atoms with Gasteiger partial charge in [-0.1, -0.05) is 56.3 Å². The van der Waals surface area contributed by atoms with Crippen LogP contribution in [0.2, 0.25) is 0 Å². The van der Waals surface area contributed by atoms with Crippen LogP contribution in [-0.2, 0) is 11.3 Å². The summed E-state index contributed by atoms with van der Waals surface area (Å²) in [6.07, 6.45) is 1.47. The van der Waals surface area contributed by atoms with E-state index in [4.69, 9.17) is 15.9 Å². The molecule has 0 aliphatic carbocycles. The minimum absolute atomic E-state index is 0.00607. The molecule has 0 bridgehead atoms. The third-order valence-corrected chi connectivity index (χ3v) is 6.80. The highest BCUT2D eigenvalue weighted by Crippen LogP contribution is 2.29. The van der Waals surface area contributed by atoms with Gasteiger partial charge in [-0.2, -0.15) is 0 Å². The molecule has 43 heavy (non-hydrogen) atoms. The average Bonchev–Trinajstić information content (AvgIpc) is 3.02. The van der Waals surface area contributed by atoms with Gasteiger partial charge in [-0.3, -0.25) is 20.0 Å². The molecule has 2 amide bonds. The highest BCUT2D eigenvalue weighted by molar-refractivity contribution is 6.10. The van der Waals surface area contributed by atoms with E-state index >= 15 is 0 Å². The molecule has 0 spiro atoms. The van der Waals surface area contributed by atoms with E-state index in [-0.39, 0.29) is 41.8 Å². The number of nitrogens with zero attached hydrogens (tertiary/aromatic N) is 1. The highest BCUT2D eigenvalue weighted by Gasteiger charge is 2.24. The van der Waals surface area contributed by atoms with Crippen LogP contribution in [0.15, 0.2) is 91.1 Å². The number of nitrogens with two attached hydrogens (primary N) is 1. The molecule has 0 aliphatic rings. The van der Waals surface area contributed by atoms with E-state index in [0.717, 1.165) is 5.56 Å². The number of hydrogen-bond acceptors (Lipinski definition) is 7. The average molecular weight is 580 g/mol. The van der Waals surface area contributed by atoms with E-state index < -0.39 is 23.8 Å². The highest BCUT2D eigenvalue weighted by atomic mass is 16.5. The standard InChI is InChI=1S/C33H33N5O5/c1-20(2)28(18-39)38-31(40)23-12-15-25(27(17-23)33(42)43-19-21-7-4-3-5-8-21)26-9-6-16-36-29(26)32(41)37-24-13-10-22(11-14-24)30(34)35/h3-17,20,28,39H,18-19H2,1-2H3,(H3,34,35)(H,37,41)(H,38,40). The van der Waals surface area contributed by atoms with Gasteiger partial charge in [0.05, 0.1) is 18.2 Å².